The number of nitrogens with one attached hydrogen (secondary N) is 1. The largest absolute Gasteiger partial charge is 0.497 e. The lowest BCUT2D eigenvalue weighted by atomic mass is 9.89. The number of nitrogens with zero attached hydrogens (tertiary/aromatic N) is 4. The molecule has 2 aliphatic heterocycles. The maximum atomic E-state index is 12.9. The molecule has 13 nitrogen and oxygen atoms in total. The molecule has 2 aromatic rings. The first-order valence-corrected chi connectivity index (χ1v) is 23.2. The third-order valence-corrected chi connectivity index (χ3v) is 10.7. The van der Waals surface area contributed by atoms with Crippen molar-refractivity contribution in [2.45, 2.75) is 164 Å². The van der Waals surface area contributed by atoms with Crippen molar-refractivity contribution in [2.75, 3.05) is 52.9 Å². The fraction of sp³-hybridized carbons (Fsp3) is 0.623. The topological polar surface area (TPSA) is 130 Å². The molecule has 0 saturated carbocycles. The van der Waals surface area contributed by atoms with Crippen LogP contribution in [0.5, 0.6) is 5.75 Å². The van der Waals surface area contributed by atoms with Crippen LogP contribution in [0.2, 0.25) is 0 Å². The molecule has 372 valence electrons. The van der Waals surface area contributed by atoms with Crippen molar-refractivity contribution < 1.29 is 38.1 Å². The molecular formula is C53H87N5O8. The van der Waals surface area contributed by atoms with Crippen LogP contribution in [0, 0.1) is 0 Å². The van der Waals surface area contributed by atoms with Crippen LogP contribution in [0.15, 0.2) is 74.3 Å². The van der Waals surface area contributed by atoms with Gasteiger partial charge in [-0.25, -0.2) is 14.4 Å². The average molecular weight is 922 g/mol. The lowest BCUT2D eigenvalue weighted by Gasteiger charge is -2.52. The summed E-state index contributed by atoms with van der Waals surface area (Å²) in [7, 11) is 1.71. The summed E-state index contributed by atoms with van der Waals surface area (Å²) in [6, 6.07) is 17.2. The molecule has 2 saturated heterocycles. The van der Waals surface area contributed by atoms with Gasteiger partial charge < -0.3 is 34.1 Å². The van der Waals surface area contributed by atoms with Gasteiger partial charge in [0.1, 0.15) is 22.6 Å². The highest BCUT2D eigenvalue weighted by Gasteiger charge is 2.41. The summed E-state index contributed by atoms with van der Waals surface area (Å²) in [6.07, 6.45) is 1.78. The highest BCUT2D eigenvalue weighted by Crippen LogP contribution is 2.37. The zero-order valence-electron chi connectivity index (χ0n) is 44.1. The molecule has 0 radical (unpaired) electrons. The van der Waals surface area contributed by atoms with Crippen LogP contribution in [0.25, 0.3) is 0 Å². The lowest BCUT2D eigenvalue weighted by Crippen LogP contribution is -2.63. The molecular weight excluding hydrogens is 835 g/mol. The SMILES string of the molecule is C=C.C=CCN1CC(C)N(C(c2ccc(C(=O)N(CC)CC)cc2)c2cccc(OC)c2)CC1(C)C.CC(C)(C)OC(=O)C(=O)OC(C)(C)C.CC1CNC(C)(C)CN1C(=O)OC(C)(C)C. The number of ether oxygens (including phenoxy) is 4. The van der Waals surface area contributed by atoms with E-state index in [0.29, 0.717) is 25.7 Å². The average Bonchev–Trinajstić information content (AvgIpc) is 3.21. The Labute approximate surface area is 399 Å². The van der Waals surface area contributed by atoms with Gasteiger partial charge in [0.15, 0.2) is 0 Å². The zero-order valence-corrected chi connectivity index (χ0v) is 44.1. The Hall–Kier alpha value is -4.72. The summed E-state index contributed by atoms with van der Waals surface area (Å²) in [4.78, 5) is 55.9. The minimum atomic E-state index is -0.951. The molecule has 0 aromatic heterocycles. The monoisotopic (exact) mass is 922 g/mol. The Kier molecular flexibility index (Phi) is 22.8. The first-order chi connectivity index (χ1) is 30.4. The van der Waals surface area contributed by atoms with Crippen LogP contribution in [-0.4, -0.2) is 136 Å². The minimum Gasteiger partial charge on any atom is -0.497 e. The number of methoxy groups -OCH3 is 1. The summed E-state index contributed by atoms with van der Waals surface area (Å²) >= 11 is 0. The van der Waals surface area contributed by atoms with Gasteiger partial charge in [0, 0.05) is 74.5 Å². The third kappa shape index (κ3) is 19.6. The van der Waals surface area contributed by atoms with Crippen molar-refractivity contribution in [3.05, 3.63) is 91.0 Å². The quantitative estimate of drug-likeness (QED) is 0.112. The zero-order chi connectivity index (χ0) is 51.0. The van der Waals surface area contributed by atoms with Crippen LogP contribution in [0.4, 0.5) is 4.79 Å². The molecule has 2 aliphatic rings. The maximum absolute atomic E-state index is 12.9. The molecule has 2 aromatic carbocycles. The number of carbonyl (C=O) groups excluding carboxylic acids is 4. The minimum absolute atomic E-state index is 0.0104. The number of benzene rings is 2. The van der Waals surface area contributed by atoms with Crippen molar-refractivity contribution >= 4 is 23.9 Å². The Balaban J connectivity index is 0.000000565. The van der Waals surface area contributed by atoms with Gasteiger partial charge >= 0.3 is 18.0 Å². The Bertz CT molecular complexity index is 1830. The standard InChI is InChI=1S/C29H41N3O2.C12H24N2O2.C10H18O4.C2H4/c1-8-18-31-20-22(4)32(21-29(31,5)6)27(25-12-11-13-26(19-25)34-7)23-14-16-24(17-15-23)28(33)30(9-2)10-3;1-9-7-13-12(5,6)8-14(9)10(15)16-11(2,3)4;1-9(2,3)13-7(11)8(12)14-10(4,5)6;1-2/h8,11-17,19,22,27H,1,9-10,18,20-21H2,2-7H3;9,13H,7-8H2,1-6H3;1-6H3;1-2H2. The van der Waals surface area contributed by atoms with Crippen molar-refractivity contribution in [1.29, 1.82) is 0 Å². The van der Waals surface area contributed by atoms with Crippen molar-refractivity contribution in [1.82, 2.24) is 24.9 Å². The van der Waals surface area contributed by atoms with Gasteiger partial charge in [0.25, 0.3) is 5.91 Å². The summed E-state index contributed by atoms with van der Waals surface area (Å²) in [5.74, 6) is -0.963. The van der Waals surface area contributed by atoms with Crippen molar-refractivity contribution in [2.24, 2.45) is 0 Å². The normalized spacial score (nSPS) is 18.8. The number of rotatable bonds is 9. The van der Waals surface area contributed by atoms with E-state index in [0.717, 1.165) is 37.5 Å². The summed E-state index contributed by atoms with van der Waals surface area (Å²) in [5, 5.41) is 3.41. The molecule has 4 rings (SSSR count). The van der Waals surface area contributed by atoms with Gasteiger partial charge in [-0.05, 0) is 153 Å². The van der Waals surface area contributed by atoms with Gasteiger partial charge in [-0.15, -0.1) is 19.7 Å². The second-order valence-corrected chi connectivity index (χ2v) is 21.0. The highest BCUT2D eigenvalue weighted by molar-refractivity contribution is 6.29. The van der Waals surface area contributed by atoms with E-state index >= 15 is 0 Å². The Morgan fingerprint density at radius 1 is 0.788 bits per heavy atom. The Morgan fingerprint density at radius 2 is 1.30 bits per heavy atom. The van der Waals surface area contributed by atoms with Crippen LogP contribution in [0.1, 0.15) is 145 Å². The second-order valence-electron chi connectivity index (χ2n) is 21.0. The van der Waals surface area contributed by atoms with E-state index in [1.54, 1.807) is 48.7 Å². The fourth-order valence-corrected chi connectivity index (χ4v) is 7.46. The number of hydrogen-bond acceptors (Lipinski definition) is 11. The van der Waals surface area contributed by atoms with Gasteiger partial charge in [0.2, 0.25) is 0 Å². The number of piperazine rings is 2. The molecule has 0 aliphatic carbocycles. The van der Waals surface area contributed by atoms with Crippen LogP contribution < -0.4 is 10.1 Å². The first kappa shape index (κ1) is 59.3. The van der Waals surface area contributed by atoms with Crippen LogP contribution in [0.3, 0.4) is 0 Å². The predicted octanol–water partition coefficient (Wildman–Crippen LogP) is 9.70. The molecule has 2 fully saturated rings. The Morgan fingerprint density at radius 3 is 1.76 bits per heavy atom. The van der Waals surface area contributed by atoms with Gasteiger partial charge in [-0.2, -0.15) is 0 Å². The summed E-state index contributed by atoms with van der Waals surface area (Å²) in [5.41, 5.74) is 1.32. The molecule has 3 atom stereocenters. The summed E-state index contributed by atoms with van der Waals surface area (Å²) < 4.78 is 20.6. The maximum Gasteiger partial charge on any atom is 0.418 e. The molecule has 1 N–H and O–H groups in total. The van der Waals surface area contributed by atoms with Gasteiger partial charge in [0.05, 0.1) is 13.2 Å². The smallest absolute Gasteiger partial charge is 0.418 e. The van der Waals surface area contributed by atoms with Gasteiger partial charge in [-0.1, -0.05) is 30.3 Å². The fourth-order valence-electron chi connectivity index (χ4n) is 7.46. The van der Waals surface area contributed by atoms with E-state index in [-0.39, 0.29) is 35.2 Å². The second kappa shape index (κ2) is 25.4. The van der Waals surface area contributed by atoms with Crippen molar-refractivity contribution in [3.8, 4) is 5.75 Å². The molecule has 66 heavy (non-hydrogen) atoms. The van der Waals surface area contributed by atoms with Crippen LogP contribution >= 0.6 is 0 Å². The molecule has 2 amide bonds. The third-order valence-electron chi connectivity index (χ3n) is 10.7. The number of amides is 2. The van der Waals surface area contributed by atoms with Gasteiger partial charge in [-0.3, -0.25) is 14.6 Å². The number of esters is 2. The number of hydrogen-bond donors (Lipinski definition) is 1. The van der Waals surface area contributed by atoms with E-state index in [1.807, 2.05) is 75.6 Å². The molecule has 2 heterocycles. The molecule has 0 bridgehead atoms. The highest BCUT2D eigenvalue weighted by atomic mass is 16.6. The number of carbonyl (C=O) groups is 4. The molecule has 0 spiro atoms. The van der Waals surface area contributed by atoms with E-state index in [1.165, 1.54) is 11.1 Å². The van der Waals surface area contributed by atoms with Crippen LogP contribution in [-0.2, 0) is 23.8 Å². The van der Waals surface area contributed by atoms with Crippen molar-refractivity contribution in [3.63, 3.8) is 0 Å². The van der Waals surface area contributed by atoms with E-state index in [4.69, 9.17) is 18.9 Å². The lowest BCUT2D eigenvalue weighted by molar-refractivity contribution is -0.180. The van der Waals surface area contributed by atoms with E-state index in [9.17, 15) is 19.2 Å². The van der Waals surface area contributed by atoms with E-state index < -0.39 is 28.7 Å². The summed E-state index contributed by atoms with van der Waals surface area (Å²) in [6.45, 7) is 48.7. The first-order valence-electron chi connectivity index (χ1n) is 23.2. The van der Waals surface area contributed by atoms with E-state index in [2.05, 4.69) is 99.8 Å². The predicted molar refractivity (Wildman–Crippen MR) is 268 cm³/mol. The molecule has 13 heteroatoms. The molecule has 3 unspecified atom stereocenters.